The molecule has 1 saturated heterocycles. The molecule has 272 valence electrons. The minimum Gasteiger partial charge on any atom is -0.456 e. The van der Waals surface area contributed by atoms with E-state index in [1.165, 1.54) is 49.3 Å². The molecule has 2 unspecified atom stereocenters. The second-order valence-corrected chi connectivity index (χ2v) is 15.0. The smallest absolute Gasteiger partial charge is 0.137 e. The molecule has 57 heavy (non-hydrogen) atoms. The maximum atomic E-state index is 6.47. The lowest BCUT2D eigenvalue weighted by atomic mass is 10.0. The van der Waals surface area contributed by atoms with Crippen molar-refractivity contribution >= 4 is 65.6 Å². The van der Waals surface area contributed by atoms with E-state index in [1.807, 2.05) is 6.07 Å². The predicted molar refractivity (Wildman–Crippen MR) is 233 cm³/mol. The first kappa shape index (κ1) is 32.3. The molecule has 0 saturated carbocycles. The number of fused-ring (bicyclic) bond motifs is 11. The molecule has 11 aromatic rings. The molecule has 0 amide bonds. The van der Waals surface area contributed by atoms with E-state index in [0.717, 1.165) is 44.3 Å². The Morgan fingerprint density at radius 1 is 0.333 bits per heavy atom. The SMILES string of the molecule is c1ccc(C2NC(c3ccccc3)NC(c3ccc(-n4c5ccccc5c5ccc6c(c7ccc8oc9ccccc9c8c7n6-c6ccccc6)c54)cc3)N2)cc1. The Labute approximate surface area is 328 Å². The highest BCUT2D eigenvalue weighted by Gasteiger charge is 2.30. The average molecular weight is 736 g/mol. The summed E-state index contributed by atoms with van der Waals surface area (Å²) < 4.78 is 11.4. The largest absolute Gasteiger partial charge is 0.456 e. The molecule has 0 radical (unpaired) electrons. The Hall–Kier alpha value is -6.96. The number of aromatic nitrogens is 2. The lowest BCUT2D eigenvalue weighted by Gasteiger charge is -2.39. The summed E-state index contributed by atoms with van der Waals surface area (Å²) in [4.78, 5) is 0. The molecule has 12 rings (SSSR count). The van der Waals surface area contributed by atoms with Crippen LogP contribution < -0.4 is 16.0 Å². The van der Waals surface area contributed by atoms with Gasteiger partial charge in [0.2, 0.25) is 0 Å². The third-order valence-corrected chi connectivity index (χ3v) is 11.8. The number of para-hydroxylation sites is 3. The summed E-state index contributed by atoms with van der Waals surface area (Å²) in [7, 11) is 0. The average Bonchev–Trinajstić information content (AvgIpc) is 3.95. The van der Waals surface area contributed by atoms with Crippen LogP contribution in [0.3, 0.4) is 0 Å². The number of rotatable bonds is 5. The Morgan fingerprint density at radius 2 is 0.842 bits per heavy atom. The summed E-state index contributed by atoms with van der Waals surface area (Å²) in [6.45, 7) is 0. The Morgan fingerprint density at radius 3 is 1.53 bits per heavy atom. The Bertz CT molecular complexity index is 3230. The van der Waals surface area contributed by atoms with Crippen molar-refractivity contribution in [3.63, 3.8) is 0 Å². The van der Waals surface area contributed by atoms with Gasteiger partial charge in [0.1, 0.15) is 11.2 Å². The van der Waals surface area contributed by atoms with Crippen LogP contribution in [0.5, 0.6) is 0 Å². The topological polar surface area (TPSA) is 59.1 Å². The maximum absolute atomic E-state index is 6.47. The Balaban J connectivity index is 1.07. The van der Waals surface area contributed by atoms with E-state index in [4.69, 9.17) is 4.42 Å². The zero-order valence-corrected chi connectivity index (χ0v) is 30.9. The van der Waals surface area contributed by atoms with Gasteiger partial charge in [-0.3, -0.25) is 16.0 Å². The van der Waals surface area contributed by atoms with E-state index >= 15 is 0 Å². The van der Waals surface area contributed by atoms with Gasteiger partial charge in [0.25, 0.3) is 0 Å². The number of furan rings is 1. The fraction of sp³-hybridized carbons (Fsp3) is 0.0588. The molecule has 6 nitrogen and oxygen atoms in total. The number of hydrogen-bond donors (Lipinski definition) is 3. The number of nitrogens with one attached hydrogen (secondary N) is 3. The van der Waals surface area contributed by atoms with Crippen molar-refractivity contribution in [2.45, 2.75) is 18.5 Å². The van der Waals surface area contributed by atoms with Crippen LogP contribution in [-0.2, 0) is 0 Å². The summed E-state index contributed by atoms with van der Waals surface area (Å²) in [6.07, 6.45) is -0.154. The molecule has 3 aromatic heterocycles. The van der Waals surface area contributed by atoms with Gasteiger partial charge >= 0.3 is 0 Å². The number of benzene rings is 8. The molecule has 1 aliphatic heterocycles. The third-order valence-electron chi connectivity index (χ3n) is 11.8. The summed E-state index contributed by atoms with van der Waals surface area (Å²) in [5.41, 5.74) is 12.3. The van der Waals surface area contributed by atoms with Gasteiger partial charge < -0.3 is 13.6 Å². The van der Waals surface area contributed by atoms with E-state index in [9.17, 15) is 0 Å². The van der Waals surface area contributed by atoms with Crippen LogP contribution in [0.4, 0.5) is 0 Å². The second-order valence-electron chi connectivity index (χ2n) is 15.0. The van der Waals surface area contributed by atoms with E-state index in [1.54, 1.807) is 0 Å². The van der Waals surface area contributed by atoms with Gasteiger partial charge in [-0.25, -0.2) is 0 Å². The summed E-state index contributed by atoms with van der Waals surface area (Å²) >= 11 is 0. The van der Waals surface area contributed by atoms with Crippen LogP contribution in [0.15, 0.2) is 192 Å². The first-order valence-electron chi connectivity index (χ1n) is 19.6. The molecule has 6 heteroatoms. The molecule has 2 atom stereocenters. The van der Waals surface area contributed by atoms with Crippen molar-refractivity contribution < 1.29 is 4.42 Å². The van der Waals surface area contributed by atoms with Crippen molar-refractivity contribution in [3.05, 3.63) is 205 Å². The van der Waals surface area contributed by atoms with Crippen LogP contribution in [0.2, 0.25) is 0 Å². The van der Waals surface area contributed by atoms with E-state index in [0.29, 0.717) is 0 Å². The van der Waals surface area contributed by atoms with Gasteiger partial charge in [-0.2, -0.15) is 0 Å². The predicted octanol–water partition coefficient (Wildman–Crippen LogP) is 12.0. The summed E-state index contributed by atoms with van der Waals surface area (Å²) in [6, 6.07) is 67.3. The summed E-state index contributed by atoms with van der Waals surface area (Å²) in [5, 5.41) is 18.6. The van der Waals surface area contributed by atoms with E-state index in [-0.39, 0.29) is 18.5 Å². The van der Waals surface area contributed by atoms with Gasteiger partial charge in [0.05, 0.1) is 46.0 Å². The molecule has 1 fully saturated rings. The lowest BCUT2D eigenvalue weighted by Crippen LogP contribution is -2.54. The van der Waals surface area contributed by atoms with E-state index < -0.39 is 0 Å². The number of hydrogen-bond acceptors (Lipinski definition) is 4. The van der Waals surface area contributed by atoms with Gasteiger partial charge in [0, 0.05) is 38.3 Å². The van der Waals surface area contributed by atoms with Gasteiger partial charge in [-0.15, -0.1) is 0 Å². The lowest BCUT2D eigenvalue weighted by molar-refractivity contribution is 0.203. The molecule has 0 bridgehead atoms. The highest BCUT2D eigenvalue weighted by molar-refractivity contribution is 6.31. The van der Waals surface area contributed by atoms with E-state index in [2.05, 4.69) is 207 Å². The molecule has 1 aliphatic rings. The van der Waals surface area contributed by atoms with Crippen LogP contribution in [0.25, 0.3) is 76.9 Å². The van der Waals surface area contributed by atoms with Crippen molar-refractivity contribution in [1.29, 1.82) is 0 Å². The zero-order chi connectivity index (χ0) is 37.5. The molecule has 3 N–H and O–H groups in total. The van der Waals surface area contributed by atoms with Crippen LogP contribution in [0.1, 0.15) is 35.2 Å². The second kappa shape index (κ2) is 12.8. The van der Waals surface area contributed by atoms with Gasteiger partial charge in [0.15, 0.2) is 0 Å². The van der Waals surface area contributed by atoms with Crippen molar-refractivity contribution in [2.24, 2.45) is 0 Å². The minimum atomic E-state index is -0.0865. The summed E-state index contributed by atoms with van der Waals surface area (Å²) in [5.74, 6) is 0. The van der Waals surface area contributed by atoms with Crippen LogP contribution in [-0.4, -0.2) is 9.13 Å². The fourth-order valence-corrected chi connectivity index (χ4v) is 9.29. The van der Waals surface area contributed by atoms with Crippen LogP contribution >= 0.6 is 0 Å². The quantitative estimate of drug-likeness (QED) is 0.165. The Kier molecular flexibility index (Phi) is 7.25. The third kappa shape index (κ3) is 5.02. The molecular weight excluding hydrogens is 699 g/mol. The first-order chi connectivity index (χ1) is 28.3. The first-order valence-corrected chi connectivity index (χ1v) is 19.6. The standard InChI is InChI=1S/C51H37N5O/c1-4-14-32(15-5-1)49-52-50(33-16-6-2-7-17-33)54-51(53-49)34-24-26-36(27-25-34)55-41-22-12-10-20-37(41)38-28-30-42-45(47(38)55)40-29-31-44-46(39-21-11-13-23-43(39)57-44)48(40)56(42)35-18-8-3-9-19-35/h1-31,49-54H. The van der Waals surface area contributed by atoms with Gasteiger partial charge in [-0.1, -0.05) is 133 Å². The van der Waals surface area contributed by atoms with Crippen molar-refractivity contribution in [1.82, 2.24) is 25.1 Å². The molecule has 0 aliphatic carbocycles. The normalized spacial score (nSPS) is 17.4. The maximum Gasteiger partial charge on any atom is 0.137 e. The molecular formula is C51H37N5O. The van der Waals surface area contributed by atoms with Crippen LogP contribution in [0, 0.1) is 0 Å². The highest BCUT2D eigenvalue weighted by atomic mass is 16.3. The minimum absolute atomic E-state index is 0.0336. The zero-order valence-electron chi connectivity index (χ0n) is 30.9. The van der Waals surface area contributed by atoms with Crippen molar-refractivity contribution in [3.8, 4) is 11.4 Å². The monoisotopic (exact) mass is 735 g/mol. The number of nitrogens with zero attached hydrogens (tertiary/aromatic N) is 2. The van der Waals surface area contributed by atoms with Crippen molar-refractivity contribution in [2.75, 3.05) is 0 Å². The molecule has 4 heterocycles. The molecule has 8 aromatic carbocycles. The van der Waals surface area contributed by atoms with Gasteiger partial charge in [-0.05, 0) is 71.3 Å². The molecule has 0 spiro atoms. The highest BCUT2D eigenvalue weighted by Crippen LogP contribution is 2.45. The fourth-order valence-electron chi connectivity index (χ4n) is 9.29.